The van der Waals surface area contributed by atoms with E-state index in [1.807, 2.05) is 19.1 Å². The molecule has 0 saturated carbocycles. The molecule has 2 aromatic rings. The van der Waals surface area contributed by atoms with Crippen LogP contribution in [-0.2, 0) is 27.0 Å². The minimum Gasteiger partial charge on any atom is -0.465 e. The lowest BCUT2D eigenvalue weighted by Crippen LogP contribution is -2.35. The number of pyridine rings is 1. The van der Waals surface area contributed by atoms with E-state index in [0.717, 1.165) is 11.1 Å². The van der Waals surface area contributed by atoms with Crippen LogP contribution in [-0.4, -0.2) is 23.5 Å². The number of carbonyl (C=O) groups excluding carboxylic acids is 2. The highest BCUT2D eigenvalue weighted by molar-refractivity contribution is 6.32. The van der Waals surface area contributed by atoms with E-state index in [1.54, 1.807) is 19.1 Å². The van der Waals surface area contributed by atoms with Crippen LogP contribution in [0.1, 0.15) is 35.2 Å². The maximum absolute atomic E-state index is 12.8. The normalized spacial score (nSPS) is 12.4. The van der Waals surface area contributed by atoms with Crippen molar-refractivity contribution in [1.29, 1.82) is 0 Å². The minimum atomic E-state index is -4.65. The summed E-state index contributed by atoms with van der Waals surface area (Å²) in [6.07, 6.45) is -4.12. The predicted molar refractivity (Wildman–Crippen MR) is 96.6 cm³/mol. The molecule has 1 heterocycles. The summed E-state index contributed by atoms with van der Waals surface area (Å²) in [4.78, 5) is 28.5. The first-order chi connectivity index (χ1) is 13.1. The van der Waals surface area contributed by atoms with E-state index < -0.39 is 34.6 Å². The molecule has 0 aliphatic carbocycles. The number of benzene rings is 1. The quantitative estimate of drug-likeness (QED) is 0.572. The summed E-state index contributed by atoms with van der Waals surface area (Å²) in [7, 11) is 0. The second-order valence-electron chi connectivity index (χ2n) is 5.98. The Bertz CT molecular complexity index is 854. The van der Waals surface area contributed by atoms with Gasteiger partial charge >= 0.3 is 12.1 Å². The molecule has 1 aromatic heterocycles. The maximum atomic E-state index is 12.8. The van der Waals surface area contributed by atoms with Gasteiger partial charge in [-0.1, -0.05) is 41.4 Å². The molecule has 9 heteroatoms. The van der Waals surface area contributed by atoms with E-state index in [1.165, 1.54) is 0 Å². The number of amides is 1. The van der Waals surface area contributed by atoms with Crippen LogP contribution in [0.3, 0.4) is 0 Å². The molecule has 1 amide bonds. The number of hydrogen-bond donors (Lipinski definition) is 1. The fourth-order valence-corrected chi connectivity index (χ4v) is 2.66. The second kappa shape index (κ2) is 9.05. The maximum Gasteiger partial charge on any atom is 0.417 e. The van der Waals surface area contributed by atoms with Crippen molar-refractivity contribution < 1.29 is 27.5 Å². The Balaban J connectivity index is 2.27. The molecule has 5 nitrogen and oxygen atoms in total. The first-order valence-corrected chi connectivity index (χ1v) is 8.73. The highest BCUT2D eigenvalue weighted by Gasteiger charge is 2.36. The molecule has 0 aliphatic heterocycles. The Morgan fingerprint density at radius 2 is 1.89 bits per heavy atom. The van der Waals surface area contributed by atoms with E-state index in [4.69, 9.17) is 16.3 Å². The number of carbonyl (C=O) groups is 2. The van der Waals surface area contributed by atoms with Crippen LogP contribution in [0.15, 0.2) is 36.5 Å². The smallest absolute Gasteiger partial charge is 0.417 e. The van der Waals surface area contributed by atoms with Crippen LogP contribution in [0.25, 0.3) is 0 Å². The summed E-state index contributed by atoms with van der Waals surface area (Å²) < 4.78 is 43.3. The second-order valence-corrected chi connectivity index (χ2v) is 6.38. The van der Waals surface area contributed by atoms with Gasteiger partial charge in [-0.2, -0.15) is 13.2 Å². The van der Waals surface area contributed by atoms with Gasteiger partial charge < -0.3 is 10.1 Å². The average molecular weight is 415 g/mol. The van der Waals surface area contributed by atoms with Gasteiger partial charge in [0.1, 0.15) is 0 Å². The first kappa shape index (κ1) is 21.7. The summed E-state index contributed by atoms with van der Waals surface area (Å²) in [6.45, 7) is 3.56. The summed E-state index contributed by atoms with van der Waals surface area (Å²) in [5.74, 6) is -3.30. The van der Waals surface area contributed by atoms with Gasteiger partial charge in [-0.25, -0.2) is 0 Å². The van der Waals surface area contributed by atoms with Gasteiger partial charge in [-0.05, 0) is 25.5 Å². The summed E-state index contributed by atoms with van der Waals surface area (Å²) in [6, 6.07) is 7.96. The minimum absolute atomic E-state index is 0.0151. The van der Waals surface area contributed by atoms with Crippen LogP contribution in [0.4, 0.5) is 13.2 Å². The average Bonchev–Trinajstić information content (AvgIpc) is 2.62. The lowest BCUT2D eigenvalue weighted by atomic mass is 10.0. The molecule has 28 heavy (non-hydrogen) atoms. The molecular formula is C19H18ClF3N2O3. The number of halogens is 4. The van der Waals surface area contributed by atoms with Crippen molar-refractivity contribution in [2.75, 3.05) is 6.61 Å². The number of esters is 1. The third kappa shape index (κ3) is 5.45. The Morgan fingerprint density at radius 1 is 1.25 bits per heavy atom. The van der Waals surface area contributed by atoms with Crippen LogP contribution < -0.4 is 5.32 Å². The van der Waals surface area contributed by atoms with Crippen molar-refractivity contribution >= 4 is 23.5 Å². The first-order valence-electron chi connectivity index (χ1n) is 8.36. The van der Waals surface area contributed by atoms with E-state index in [2.05, 4.69) is 10.3 Å². The van der Waals surface area contributed by atoms with E-state index >= 15 is 0 Å². The third-order valence-electron chi connectivity index (χ3n) is 3.84. The standard InChI is InChI=1S/C19H18ClF3N2O3/c1-3-28-18(27)15(16-14(20)8-13(10-24-16)19(21,22)23)17(26)25-9-12-6-4-11(2)5-7-12/h4-8,10,15H,3,9H2,1-2H3,(H,25,26)/t15-/m1/s1. The molecule has 0 aliphatic rings. The number of alkyl halides is 3. The number of ether oxygens (including phenoxy) is 1. The Morgan fingerprint density at radius 3 is 2.43 bits per heavy atom. The van der Waals surface area contributed by atoms with E-state index in [9.17, 15) is 22.8 Å². The third-order valence-corrected chi connectivity index (χ3v) is 4.14. The highest BCUT2D eigenvalue weighted by atomic mass is 35.5. The number of aromatic nitrogens is 1. The molecule has 0 bridgehead atoms. The molecule has 150 valence electrons. The van der Waals surface area contributed by atoms with Gasteiger partial charge in [0.05, 0.1) is 22.9 Å². The van der Waals surface area contributed by atoms with Gasteiger partial charge in [-0.3, -0.25) is 14.6 Å². The SMILES string of the molecule is CCOC(=O)[C@@H](C(=O)NCc1ccc(C)cc1)c1ncc(C(F)(F)F)cc1Cl. The zero-order chi connectivity index (χ0) is 20.9. The fraction of sp³-hybridized carbons (Fsp3) is 0.316. The lowest BCUT2D eigenvalue weighted by Gasteiger charge is -2.17. The van der Waals surface area contributed by atoms with Crippen molar-refractivity contribution in [2.45, 2.75) is 32.5 Å². The zero-order valence-corrected chi connectivity index (χ0v) is 15.9. The number of rotatable bonds is 6. The van der Waals surface area contributed by atoms with Crippen LogP contribution in [0.2, 0.25) is 5.02 Å². The monoisotopic (exact) mass is 414 g/mol. The molecule has 2 rings (SSSR count). The summed E-state index contributed by atoms with van der Waals surface area (Å²) >= 11 is 5.90. The zero-order valence-electron chi connectivity index (χ0n) is 15.1. The molecule has 0 spiro atoms. The number of aryl methyl sites for hydroxylation is 1. The molecule has 1 aromatic carbocycles. The van der Waals surface area contributed by atoms with Gasteiger partial charge in [0.25, 0.3) is 0 Å². The molecule has 0 saturated heterocycles. The van der Waals surface area contributed by atoms with Crippen molar-refractivity contribution in [3.05, 3.63) is 63.9 Å². The largest absolute Gasteiger partial charge is 0.465 e. The highest BCUT2D eigenvalue weighted by Crippen LogP contribution is 2.33. The molecule has 1 atom stereocenters. The van der Waals surface area contributed by atoms with Crippen molar-refractivity contribution in [2.24, 2.45) is 0 Å². The van der Waals surface area contributed by atoms with E-state index in [-0.39, 0.29) is 18.8 Å². The topological polar surface area (TPSA) is 68.3 Å². The van der Waals surface area contributed by atoms with Gasteiger partial charge in [0, 0.05) is 12.7 Å². The van der Waals surface area contributed by atoms with Gasteiger partial charge in [-0.15, -0.1) is 0 Å². The molecule has 0 fully saturated rings. The Kier molecular flexibility index (Phi) is 7.01. The lowest BCUT2D eigenvalue weighted by molar-refractivity contribution is -0.148. The molecule has 1 N–H and O–H groups in total. The predicted octanol–water partition coefficient (Wildman–Crippen LogP) is 4.03. The van der Waals surface area contributed by atoms with Gasteiger partial charge in [0.2, 0.25) is 5.91 Å². The van der Waals surface area contributed by atoms with Crippen LogP contribution >= 0.6 is 11.6 Å². The van der Waals surface area contributed by atoms with Crippen LogP contribution in [0.5, 0.6) is 0 Å². The van der Waals surface area contributed by atoms with E-state index in [0.29, 0.717) is 12.3 Å². The Labute approximate surface area is 164 Å². The Hall–Kier alpha value is -2.61. The van der Waals surface area contributed by atoms with Crippen LogP contribution in [0, 0.1) is 6.92 Å². The number of nitrogens with one attached hydrogen (secondary N) is 1. The summed E-state index contributed by atoms with van der Waals surface area (Å²) in [5.41, 5.74) is 0.451. The van der Waals surface area contributed by atoms with Crippen molar-refractivity contribution in [1.82, 2.24) is 10.3 Å². The number of hydrogen-bond acceptors (Lipinski definition) is 4. The number of nitrogens with zero attached hydrogens (tertiary/aromatic N) is 1. The summed E-state index contributed by atoms with van der Waals surface area (Å²) in [5, 5.41) is 2.12. The van der Waals surface area contributed by atoms with Crippen molar-refractivity contribution in [3.8, 4) is 0 Å². The molecule has 0 radical (unpaired) electrons. The van der Waals surface area contributed by atoms with Gasteiger partial charge in [0.15, 0.2) is 5.92 Å². The molecular weight excluding hydrogens is 397 g/mol. The molecule has 0 unspecified atom stereocenters. The fourth-order valence-electron chi connectivity index (χ4n) is 2.38. The van der Waals surface area contributed by atoms with Crippen molar-refractivity contribution in [3.63, 3.8) is 0 Å².